The molecule has 0 radical (unpaired) electrons. The maximum atomic E-state index is 13.1. The van der Waals surface area contributed by atoms with E-state index in [1.165, 1.54) is 0 Å². The van der Waals surface area contributed by atoms with E-state index in [1.54, 1.807) is 12.4 Å². The Balaban J connectivity index is 0.000000286. The molecular formula is C22H22F6N4O5. The van der Waals surface area contributed by atoms with Crippen LogP contribution in [0, 0.1) is 5.41 Å². The lowest BCUT2D eigenvalue weighted by molar-refractivity contribution is -0.193. The zero-order valence-electron chi connectivity index (χ0n) is 19.0. The second-order valence-electron chi connectivity index (χ2n) is 8.02. The number of amides is 1. The highest BCUT2D eigenvalue weighted by molar-refractivity contribution is 6.00. The molecule has 1 amide bonds. The number of carboxylic acid groups (broad SMARTS) is 2. The van der Waals surface area contributed by atoms with Gasteiger partial charge in [0.1, 0.15) is 5.82 Å². The highest BCUT2D eigenvalue weighted by Gasteiger charge is 2.49. The number of piperidine rings is 1. The summed E-state index contributed by atoms with van der Waals surface area (Å²) in [6.07, 6.45) is -1.94. The Morgan fingerprint density at radius 2 is 1.51 bits per heavy atom. The first-order valence-electron chi connectivity index (χ1n) is 10.7. The molecule has 2 N–H and O–H groups in total. The molecule has 2 aromatic heterocycles. The van der Waals surface area contributed by atoms with Crippen LogP contribution in [0.4, 0.5) is 37.8 Å². The number of hydrogen-bond donors (Lipinski definition) is 2. The largest absolute Gasteiger partial charge is 0.490 e. The number of alkyl halides is 6. The summed E-state index contributed by atoms with van der Waals surface area (Å²) in [6, 6.07) is 9.80. The third-order valence-electron chi connectivity index (χ3n) is 5.51. The lowest BCUT2D eigenvalue weighted by atomic mass is 9.78. The third-order valence-corrected chi connectivity index (χ3v) is 5.51. The summed E-state index contributed by atoms with van der Waals surface area (Å²) >= 11 is 0. The number of anilines is 2. The van der Waals surface area contributed by atoms with Gasteiger partial charge in [-0.2, -0.15) is 26.3 Å². The van der Waals surface area contributed by atoms with E-state index in [0.29, 0.717) is 0 Å². The first-order valence-corrected chi connectivity index (χ1v) is 10.7. The fourth-order valence-electron chi connectivity index (χ4n) is 3.83. The Bertz CT molecular complexity index is 1040. The predicted octanol–water partition coefficient (Wildman–Crippen LogP) is 3.77. The fourth-order valence-corrected chi connectivity index (χ4v) is 3.83. The van der Waals surface area contributed by atoms with Gasteiger partial charge in [0.15, 0.2) is 0 Å². The molecule has 1 unspecified atom stereocenters. The van der Waals surface area contributed by atoms with E-state index in [4.69, 9.17) is 19.8 Å². The van der Waals surface area contributed by atoms with Crippen LogP contribution in [0.5, 0.6) is 0 Å². The van der Waals surface area contributed by atoms with E-state index in [2.05, 4.69) is 14.9 Å². The summed E-state index contributed by atoms with van der Waals surface area (Å²) in [5.41, 5.74) is 0.635. The van der Waals surface area contributed by atoms with Gasteiger partial charge in [-0.05, 0) is 43.5 Å². The fraction of sp³-hybridized carbons (Fsp3) is 0.409. The van der Waals surface area contributed by atoms with Gasteiger partial charge in [-0.15, -0.1) is 0 Å². The Morgan fingerprint density at radius 1 is 0.892 bits per heavy atom. The van der Waals surface area contributed by atoms with Crippen LogP contribution in [0.15, 0.2) is 48.9 Å². The van der Waals surface area contributed by atoms with Crippen LogP contribution in [0.1, 0.15) is 19.3 Å². The van der Waals surface area contributed by atoms with Crippen molar-refractivity contribution in [1.82, 2.24) is 9.97 Å². The molecule has 2 aliphatic rings. The van der Waals surface area contributed by atoms with Crippen molar-refractivity contribution in [1.29, 1.82) is 0 Å². The van der Waals surface area contributed by atoms with Crippen LogP contribution in [-0.4, -0.2) is 70.0 Å². The lowest BCUT2D eigenvalue weighted by Gasteiger charge is -2.39. The molecule has 0 aromatic carbocycles. The van der Waals surface area contributed by atoms with Gasteiger partial charge in [0.05, 0.1) is 17.3 Å². The third kappa shape index (κ3) is 8.05. The van der Waals surface area contributed by atoms with Crippen LogP contribution in [0.25, 0.3) is 0 Å². The van der Waals surface area contributed by atoms with Gasteiger partial charge in [0.25, 0.3) is 0 Å². The zero-order chi connectivity index (χ0) is 27.9. The smallest absolute Gasteiger partial charge is 0.475 e. The van der Waals surface area contributed by atoms with Crippen LogP contribution in [0.3, 0.4) is 0 Å². The van der Waals surface area contributed by atoms with E-state index in [0.717, 1.165) is 50.4 Å². The molecule has 2 saturated heterocycles. The number of aliphatic carboxylic acids is 2. The number of halogens is 6. The number of rotatable bonds is 2. The maximum absolute atomic E-state index is 13.1. The molecule has 0 saturated carbocycles. The van der Waals surface area contributed by atoms with Crippen molar-refractivity contribution < 1.29 is 50.9 Å². The Hall–Kier alpha value is -3.91. The quantitative estimate of drug-likeness (QED) is 0.556. The van der Waals surface area contributed by atoms with Crippen molar-refractivity contribution in [2.45, 2.75) is 31.6 Å². The van der Waals surface area contributed by atoms with E-state index in [-0.39, 0.29) is 11.3 Å². The molecule has 9 nitrogen and oxygen atoms in total. The van der Waals surface area contributed by atoms with Gasteiger partial charge >= 0.3 is 24.3 Å². The minimum absolute atomic E-state index is 0.242. The number of nitrogens with zero attached hydrogens (tertiary/aromatic N) is 4. The average molecular weight is 536 g/mol. The zero-order valence-corrected chi connectivity index (χ0v) is 19.0. The molecule has 4 heterocycles. The average Bonchev–Trinajstić information content (AvgIpc) is 3.15. The first-order chi connectivity index (χ1) is 17.2. The number of carbonyl (C=O) groups excluding carboxylic acids is 1. The number of aromatic nitrogens is 2. The number of pyridine rings is 2. The summed E-state index contributed by atoms with van der Waals surface area (Å²) in [5.74, 6) is -4.30. The lowest BCUT2D eigenvalue weighted by Crippen LogP contribution is -2.48. The summed E-state index contributed by atoms with van der Waals surface area (Å²) in [4.78, 5) is 43.7. The maximum Gasteiger partial charge on any atom is 0.490 e. The van der Waals surface area contributed by atoms with Crippen molar-refractivity contribution in [3.63, 3.8) is 0 Å². The molecule has 2 fully saturated rings. The molecule has 37 heavy (non-hydrogen) atoms. The van der Waals surface area contributed by atoms with Gasteiger partial charge in [-0.25, -0.2) is 14.6 Å². The van der Waals surface area contributed by atoms with Gasteiger partial charge in [0.2, 0.25) is 5.91 Å². The summed E-state index contributed by atoms with van der Waals surface area (Å²) in [5, 5.41) is 14.2. The van der Waals surface area contributed by atoms with Crippen LogP contribution in [-0.2, 0) is 14.4 Å². The van der Waals surface area contributed by atoms with Crippen molar-refractivity contribution >= 4 is 29.4 Å². The minimum atomic E-state index is -5.08. The van der Waals surface area contributed by atoms with Gasteiger partial charge in [-0.3, -0.25) is 9.78 Å². The molecule has 1 spiro atoms. The Morgan fingerprint density at radius 3 is 2.00 bits per heavy atom. The molecule has 4 rings (SSSR count). The monoisotopic (exact) mass is 536 g/mol. The van der Waals surface area contributed by atoms with Gasteiger partial charge in [0, 0.05) is 32.0 Å². The summed E-state index contributed by atoms with van der Waals surface area (Å²) in [7, 11) is 0. The first kappa shape index (κ1) is 29.3. The van der Waals surface area contributed by atoms with Crippen LogP contribution < -0.4 is 9.80 Å². The molecule has 1 atom stereocenters. The van der Waals surface area contributed by atoms with Crippen molar-refractivity contribution in [3.05, 3.63) is 48.9 Å². The second-order valence-corrected chi connectivity index (χ2v) is 8.02. The highest BCUT2D eigenvalue weighted by Crippen LogP contribution is 2.42. The number of carboxylic acids is 2. The Labute approximate surface area is 206 Å². The van der Waals surface area contributed by atoms with Gasteiger partial charge < -0.3 is 20.0 Å². The van der Waals surface area contributed by atoms with E-state index < -0.39 is 24.3 Å². The van der Waals surface area contributed by atoms with Crippen molar-refractivity contribution in [2.75, 3.05) is 29.4 Å². The molecule has 202 valence electrons. The van der Waals surface area contributed by atoms with Crippen LogP contribution >= 0.6 is 0 Å². The molecule has 0 bridgehead atoms. The van der Waals surface area contributed by atoms with Crippen molar-refractivity contribution in [2.24, 2.45) is 5.41 Å². The predicted molar refractivity (Wildman–Crippen MR) is 117 cm³/mol. The SMILES string of the molecule is O=C(O)C(F)(F)F.O=C(O)C(F)(F)F.O=C1N(c2cccnc2)CCC12CCCN(c1ccccn1)C2. The highest BCUT2D eigenvalue weighted by atomic mass is 19.4. The van der Waals surface area contributed by atoms with Crippen molar-refractivity contribution in [3.8, 4) is 0 Å². The molecule has 0 aliphatic carbocycles. The van der Waals surface area contributed by atoms with E-state index in [9.17, 15) is 31.1 Å². The summed E-state index contributed by atoms with van der Waals surface area (Å²) < 4.78 is 63.5. The summed E-state index contributed by atoms with van der Waals surface area (Å²) in [6.45, 7) is 2.51. The molecule has 2 aliphatic heterocycles. The second kappa shape index (κ2) is 11.9. The molecule has 2 aromatic rings. The molecular weight excluding hydrogens is 514 g/mol. The normalized spacial score (nSPS) is 19.5. The van der Waals surface area contributed by atoms with Crippen LogP contribution in [0.2, 0.25) is 0 Å². The minimum Gasteiger partial charge on any atom is -0.475 e. The van der Waals surface area contributed by atoms with E-state index in [1.807, 2.05) is 41.4 Å². The molecule has 15 heteroatoms. The number of carbonyl (C=O) groups is 3. The Kier molecular flexibility index (Phi) is 9.42. The van der Waals surface area contributed by atoms with Gasteiger partial charge in [-0.1, -0.05) is 6.07 Å². The van der Waals surface area contributed by atoms with E-state index >= 15 is 0 Å². The standard InChI is InChI=1S/C18H20N4O.2C2HF3O2/c23-17-18(8-12-22(17)15-5-3-9-19-13-15)7-4-11-21(14-18)16-6-1-2-10-20-16;2*3-2(4,5)1(6)7/h1-3,5-6,9-10,13H,4,7-8,11-12,14H2;2*(H,6,7). The number of hydrogen-bond acceptors (Lipinski definition) is 6. The topological polar surface area (TPSA) is 124 Å².